The molecule has 1 aliphatic rings. The quantitative estimate of drug-likeness (QED) is 0.760. The summed E-state index contributed by atoms with van der Waals surface area (Å²) in [4.78, 5) is 4.92. The van der Waals surface area contributed by atoms with Gasteiger partial charge in [-0.3, -0.25) is 0 Å². The summed E-state index contributed by atoms with van der Waals surface area (Å²) in [5, 5.41) is 3.36. The number of rotatable bonds is 6. The van der Waals surface area contributed by atoms with Gasteiger partial charge in [-0.05, 0) is 72.5 Å². The Bertz CT molecular complexity index is 198. The number of hydrogen-bond acceptors (Lipinski definition) is 3. The molecule has 1 heterocycles. The number of hydrogen-bond donors (Lipinski definition) is 1. The van der Waals surface area contributed by atoms with Gasteiger partial charge in [0, 0.05) is 6.04 Å². The lowest BCUT2D eigenvalue weighted by Crippen LogP contribution is -2.48. The van der Waals surface area contributed by atoms with E-state index in [-0.39, 0.29) is 0 Å². The summed E-state index contributed by atoms with van der Waals surface area (Å²) in [5.74, 6) is 1.66. The van der Waals surface area contributed by atoms with Crippen molar-refractivity contribution in [3.63, 3.8) is 0 Å². The van der Waals surface area contributed by atoms with Crippen LogP contribution in [0.3, 0.4) is 0 Å². The second-order valence-electron chi connectivity index (χ2n) is 5.82. The fourth-order valence-electron chi connectivity index (χ4n) is 3.37. The van der Waals surface area contributed by atoms with Crippen molar-refractivity contribution in [2.45, 2.75) is 32.2 Å². The molecule has 17 heavy (non-hydrogen) atoms. The van der Waals surface area contributed by atoms with Gasteiger partial charge in [0.15, 0.2) is 0 Å². The van der Waals surface area contributed by atoms with E-state index in [4.69, 9.17) is 0 Å². The molecule has 1 N–H and O–H groups in total. The maximum Gasteiger partial charge on any atom is 0.0159 e. The third-order valence-corrected chi connectivity index (χ3v) is 4.32. The Balaban J connectivity index is 2.63. The average Bonchev–Trinajstić information content (AvgIpc) is 2.30. The van der Waals surface area contributed by atoms with Gasteiger partial charge in [-0.1, -0.05) is 13.3 Å². The fraction of sp³-hybridized carbons (Fsp3) is 1.00. The highest BCUT2D eigenvalue weighted by Gasteiger charge is 2.31. The van der Waals surface area contributed by atoms with E-state index < -0.39 is 0 Å². The van der Waals surface area contributed by atoms with E-state index in [1.165, 1.54) is 32.4 Å². The van der Waals surface area contributed by atoms with E-state index in [0.717, 1.165) is 24.4 Å². The van der Waals surface area contributed by atoms with Crippen LogP contribution in [0.2, 0.25) is 0 Å². The van der Waals surface area contributed by atoms with Crippen LogP contribution in [0.5, 0.6) is 0 Å². The van der Waals surface area contributed by atoms with Crippen LogP contribution in [-0.4, -0.2) is 63.7 Å². The van der Waals surface area contributed by atoms with Gasteiger partial charge >= 0.3 is 0 Å². The van der Waals surface area contributed by atoms with Crippen LogP contribution >= 0.6 is 0 Å². The van der Waals surface area contributed by atoms with E-state index in [9.17, 15) is 0 Å². The van der Waals surface area contributed by atoms with Crippen LogP contribution in [-0.2, 0) is 0 Å². The summed E-state index contributed by atoms with van der Waals surface area (Å²) in [6, 6.07) is 0.737. The van der Waals surface area contributed by atoms with Crippen molar-refractivity contribution in [2.24, 2.45) is 11.8 Å². The Labute approximate surface area is 108 Å². The molecule has 0 aromatic heterocycles. The van der Waals surface area contributed by atoms with Crippen molar-refractivity contribution < 1.29 is 0 Å². The van der Waals surface area contributed by atoms with Crippen LogP contribution < -0.4 is 5.32 Å². The van der Waals surface area contributed by atoms with Gasteiger partial charge in [0.1, 0.15) is 0 Å². The standard InChI is InChI=1S/C14H31N3/c1-6-12(11-15-2)14(16(3)4)13-7-9-17(5)10-8-13/h12-15H,6-11H2,1-5H3. The minimum atomic E-state index is 0.737. The molecular weight excluding hydrogens is 210 g/mol. The lowest BCUT2D eigenvalue weighted by Gasteiger charge is -2.41. The molecule has 2 atom stereocenters. The second-order valence-corrected chi connectivity index (χ2v) is 5.82. The first-order valence-electron chi connectivity index (χ1n) is 7.09. The third-order valence-electron chi connectivity index (χ3n) is 4.32. The SMILES string of the molecule is CCC(CNC)C(C1CCN(C)CC1)N(C)C. The van der Waals surface area contributed by atoms with Gasteiger partial charge in [0.2, 0.25) is 0 Å². The van der Waals surface area contributed by atoms with Gasteiger partial charge in [0.25, 0.3) is 0 Å². The molecule has 1 fully saturated rings. The summed E-state index contributed by atoms with van der Waals surface area (Å²) in [6.07, 6.45) is 4.00. The highest BCUT2D eigenvalue weighted by Crippen LogP contribution is 2.28. The first kappa shape index (κ1) is 14.9. The molecular formula is C14H31N3. The Hall–Kier alpha value is -0.120. The highest BCUT2D eigenvalue weighted by molar-refractivity contribution is 4.86. The number of likely N-dealkylation sites (tertiary alicyclic amines) is 1. The topological polar surface area (TPSA) is 18.5 Å². The number of nitrogens with zero attached hydrogens (tertiary/aromatic N) is 2. The predicted octanol–water partition coefficient (Wildman–Crippen LogP) is 1.50. The zero-order valence-electron chi connectivity index (χ0n) is 12.4. The molecule has 0 bridgehead atoms. The molecule has 102 valence electrons. The van der Waals surface area contributed by atoms with Crippen LogP contribution in [0.4, 0.5) is 0 Å². The predicted molar refractivity (Wildman–Crippen MR) is 75.4 cm³/mol. The Morgan fingerprint density at radius 3 is 2.29 bits per heavy atom. The van der Waals surface area contributed by atoms with Crippen LogP contribution in [0, 0.1) is 11.8 Å². The molecule has 0 radical (unpaired) electrons. The number of piperidine rings is 1. The summed E-state index contributed by atoms with van der Waals surface area (Å²) >= 11 is 0. The molecule has 1 saturated heterocycles. The minimum absolute atomic E-state index is 0.737. The van der Waals surface area contributed by atoms with E-state index in [1.807, 2.05) is 0 Å². The molecule has 3 heteroatoms. The largest absolute Gasteiger partial charge is 0.319 e. The molecule has 0 saturated carbocycles. The lowest BCUT2D eigenvalue weighted by molar-refractivity contribution is 0.0876. The molecule has 2 unspecified atom stereocenters. The Morgan fingerprint density at radius 1 is 1.29 bits per heavy atom. The van der Waals surface area contributed by atoms with Gasteiger partial charge in [-0.2, -0.15) is 0 Å². The van der Waals surface area contributed by atoms with Gasteiger partial charge in [-0.25, -0.2) is 0 Å². The molecule has 0 amide bonds. The van der Waals surface area contributed by atoms with Crippen molar-refractivity contribution in [1.29, 1.82) is 0 Å². The van der Waals surface area contributed by atoms with E-state index in [0.29, 0.717) is 0 Å². The highest BCUT2D eigenvalue weighted by atomic mass is 15.1. The van der Waals surface area contributed by atoms with E-state index in [2.05, 4.69) is 50.2 Å². The summed E-state index contributed by atoms with van der Waals surface area (Å²) in [5.41, 5.74) is 0. The number of nitrogens with one attached hydrogen (secondary N) is 1. The van der Waals surface area contributed by atoms with Crippen LogP contribution in [0.15, 0.2) is 0 Å². The second kappa shape index (κ2) is 7.34. The third kappa shape index (κ3) is 4.23. The average molecular weight is 241 g/mol. The monoisotopic (exact) mass is 241 g/mol. The van der Waals surface area contributed by atoms with Crippen molar-refractivity contribution in [1.82, 2.24) is 15.1 Å². The molecule has 0 aromatic carbocycles. The van der Waals surface area contributed by atoms with Gasteiger partial charge in [-0.15, -0.1) is 0 Å². The Morgan fingerprint density at radius 2 is 1.88 bits per heavy atom. The maximum absolute atomic E-state index is 3.36. The van der Waals surface area contributed by atoms with Crippen molar-refractivity contribution in [3.8, 4) is 0 Å². The summed E-state index contributed by atoms with van der Waals surface area (Å²) in [7, 11) is 8.82. The molecule has 0 aliphatic carbocycles. The zero-order chi connectivity index (χ0) is 12.8. The summed E-state index contributed by atoms with van der Waals surface area (Å²) < 4.78 is 0. The molecule has 1 aliphatic heterocycles. The van der Waals surface area contributed by atoms with Crippen molar-refractivity contribution in [3.05, 3.63) is 0 Å². The minimum Gasteiger partial charge on any atom is -0.319 e. The fourth-order valence-corrected chi connectivity index (χ4v) is 3.37. The van der Waals surface area contributed by atoms with Crippen LogP contribution in [0.25, 0.3) is 0 Å². The van der Waals surface area contributed by atoms with Crippen molar-refractivity contribution in [2.75, 3.05) is 47.8 Å². The van der Waals surface area contributed by atoms with Crippen LogP contribution in [0.1, 0.15) is 26.2 Å². The molecule has 0 spiro atoms. The van der Waals surface area contributed by atoms with Crippen molar-refractivity contribution >= 4 is 0 Å². The first-order valence-corrected chi connectivity index (χ1v) is 7.09. The normalized spacial score (nSPS) is 22.9. The summed E-state index contributed by atoms with van der Waals surface area (Å²) in [6.45, 7) is 6.01. The van der Waals surface area contributed by atoms with E-state index >= 15 is 0 Å². The van der Waals surface area contributed by atoms with Gasteiger partial charge in [0.05, 0.1) is 0 Å². The van der Waals surface area contributed by atoms with Gasteiger partial charge < -0.3 is 15.1 Å². The van der Waals surface area contributed by atoms with E-state index in [1.54, 1.807) is 0 Å². The first-order chi connectivity index (χ1) is 8.10. The smallest absolute Gasteiger partial charge is 0.0159 e. The Kier molecular flexibility index (Phi) is 6.45. The molecule has 1 rings (SSSR count). The molecule has 0 aromatic rings. The zero-order valence-corrected chi connectivity index (χ0v) is 12.4. The molecule has 3 nitrogen and oxygen atoms in total. The lowest BCUT2D eigenvalue weighted by atomic mass is 9.80. The maximum atomic E-state index is 3.36.